The van der Waals surface area contributed by atoms with Crippen LogP contribution >= 0.6 is 0 Å². The number of hydrogen-bond acceptors (Lipinski definition) is 4. The number of aliphatic hydroxyl groups excluding tert-OH is 2. The van der Waals surface area contributed by atoms with E-state index in [1.807, 2.05) is 17.0 Å². The average Bonchev–Trinajstić information content (AvgIpc) is 2.13. The van der Waals surface area contributed by atoms with Gasteiger partial charge in [0.2, 0.25) is 0 Å². The Bertz CT molecular complexity index is 304. The van der Waals surface area contributed by atoms with Crippen LogP contribution in [0.3, 0.4) is 0 Å². The first-order valence-electron chi connectivity index (χ1n) is 4.74. The van der Waals surface area contributed by atoms with Crippen molar-refractivity contribution in [1.29, 1.82) is 0 Å². The molecule has 1 atom stereocenters. The van der Waals surface area contributed by atoms with E-state index in [9.17, 15) is 5.11 Å². The molecule has 1 aliphatic rings. The highest BCUT2D eigenvalue weighted by atomic mass is 16.3. The Morgan fingerprint density at radius 3 is 2.64 bits per heavy atom. The molecule has 0 spiro atoms. The molecule has 0 saturated carbocycles. The largest absolute Gasteiger partial charge is 0.389 e. The number of aliphatic hydroxyl groups is 2. The normalized spacial score (nSPS) is 19.2. The van der Waals surface area contributed by atoms with Gasteiger partial charge in [0.25, 0.3) is 0 Å². The van der Waals surface area contributed by atoms with Crippen molar-refractivity contribution in [3.8, 4) is 0 Å². The fourth-order valence-corrected chi connectivity index (χ4v) is 1.47. The highest BCUT2D eigenvalue weighted by Gasteiger charge is 2.25. The number of anilines is 1. The Balaban J connectivity index is 2.07. The lowest BCUT2D eigenvalue weighted by molar-refractivity contribution is 0.141. The summed E-state index contributed by atoms with van der Waals surface area (Å²) in [6, 6.07) is 3.73. The Morgan fingerprint density at radius 1 is 1.50 bits per heavy atom. The first kappa shape index (κ1) is 9.43. The van der Waals surface area contributed by atoms with Gasteiger partial charge in [-0.25, -0.2) is 4.98 Å². The Labute approximate surface area is 82.8 Å². The molecule has 2 rings (SSSR count). The second-order valence-corrected chi connectivity index (χ2v) is 3.68. The second kappa shape index (κ2) is 3.55. The van der Waals surface area contributed by atoms with E-state index in [1.165, 1.54) is 0 Å². The third-order valence-electron chi connectivity index (χ3n) is 2.44. The first-order valence-corrected chi connectivity index (χ1v) is 4.74. The van der Waals surface area contributed by atoms with E-state index in [4.69, 9.17) is 5.11 Å². The maximum atomic E-state index is 9.27. The second-order valence-electron chi connectivity index (χ2n) is 3.68. The van der Waals surface area contributed by atoms with Crippen LogP contribution in [0.15, 0.2) is 18.3 Å². The summed E-state index contributed by atoms with van der Waals surface area (Å²) in [4.78, 5) is 6.21. The van der Waals surface area contributed by atoms with Gasteiger partial charge in [0.05, 0.1) is 12.2 Å². The predicted molar refractivity (Wildman–Crippen MR) is 53.1 cm³/mol. The van der Waals surface area contributed by atoms with Crippen LogP contribution in [0.5, 0.6) is 0 Å². The maximum absolute atomic E-state index is 9.27. The van der Waals surface area contributed by atoms with Gasteiger partial charge in [0, 0.05) is 19.3 Å². The van der Waals surface area contributed by atoms with Crippen molar-refractivity contribution in [2.75, 3.05) is 18.0 Å². The first-order chi connectivity index (χ1) is 6.66. The van der Waals surface area contributed by atoms with Crippen LogP contribution in [-0.2, 0) is 0 Å². The van der Waals surface area contributed by atoms with E-state index in [1.54, 1.807) is 13.1 Å². The van der Waals surface area contributed by atoms with Crippen molar-refractivity contribution in [2.24, 2.45) is 0 Å². The van der Waals surface area contributed by atoms with E-state index in [2.05, 4.69) is 4.98 Å². The van der Waals surface area contributed by atoms with E-state index >= 15 is 0 Å². The maximum Gasteiger partial charge on any atom is 0.128 e. The molecule has 1 aromatic rings. The van der Waals surface area contributed by atoms with Gasteiger partial charge in [-0.1, -0.05) is 6.07 Å². The monoisotopic (exact) mass is 194 g/mol. The third kappa shape index (κ3) is 1.71. The molecular weight excluding hydrogens is 180 g/mol. The standard InChI is InChI=1S/C10H14N2O2/c1-7(13)8-2-3-10(11-4-8)12-5-9(14)6-12/h2-4,7,9,13-14H,5-6H2,1H3. The zero-order chi connectivity index (χ0) is 10.1. The molecule has 1 fully saturated rings. The summed E-state index contributed by atoms with van der Waals surface area (Å²) in [6.45, 7) is 3.02. The minimum atomic E-state index is -0.474. The van der Waals surface area contributed by atoms with Crippen LogP contribution < -0.4 is 4.90 Å². The van der Waals surface area contributed by atoms with E-state index in [0.29, 0.717) is 13.1 Å². The highest BCUT2D eigenvalue weighted by Crippen LogP contribution is 2.20. The molecule has 76 valence electrons. The number of nitrogens with zero attached hydrogens (tertiary/aromatic N) is 2. The van der Waals surface area contributed by atoms with Gasteiger partial charge in [-0.3, -0.25) is 0 Å². The summed E-state index contributed by atoms with van der Waals surface area (Å²) in [6.07, 6.45) is 0.983. The van der Waals surface area contributed by atoms with E-state index < -0.39 is 6.10 Å². The molecule has 1 saturated heterocycles. The number of rotatable bonds is 2. The molecule has 1 unspecified atom stereocenters. The van der Waals surface area contributed by atoms with Crippen molar-refractivity contribution in [2.45, 2.75) is 19.1 Å². The zero-order valence-corrected chi connectivity index (χ0v) is 8.09. The Morgan fingerprint density at radius 2 is 2.21 bits per heavy atom. The summed E-state index contributed by atoms with van der Waals surface area (Å²) < 4.78 is 0. The fraction of sp³-hybridized carbons (Fsp3) is 0.500. The number of pyridine rings is 1. The number of hydrogen-bond donors (Lipinski definition) is 2. The van der Waals surface area contributed by atoms with Crippen LogP contribution in [0.1, 0.15) is 18.6 Å². The molecule has 14 heavy (non-hydrogen) atoms. The minimum Gasteiger partial charge on any atom is -0.389 e. The summed E-state index contributed by atoms with van der Waals surface area (Å²) in [5.74, 6) is 0.861. The molecular formula is C10H14N2O2. The molecule has 0 amide bonds. The van der Waals surface area contributed by atoms with Gasteiger partial charge >= 0.3 is 0 Å². The van der Waals surface area contributed by atoms with E-state index in [0.717, 1.165) is 11.4 Å². The lowest BCUT2D eigenvalue weighted by Crippen LogP contribution is -2.51. The number of β-amino-alcohol motifs (C(OH)–C–C–N with tert-alkyl or cyclic N) is 1. The molecule has 0 radical (unpaired) electrons. The van der Waals surface area contributed by atoms with Crippen LogP contribution in [-0.4, -0.2) is 34.4 Å². The predicted octanol–water partition coefficient (Wildman–Crippen LogP) is 0.316. The smallest absolute Gasteiger partial charge is 0.128 e. The summed E-state index contributed by atoms with van der Waals surface area (Å²) in [5.41, 5.74) is 0.815. The molecule has 0 aliphatic carbocycles. The van der Waals surface area contributed by atoms with Gasteiger partial charge in [0.15, 0.2) is 0 Å². The van der Waals surface area contributed by atoms with Crippen molar-refractivity contribution >= 4 is 5.82 Å². The fourth-order valence-electron chi connectivity index (χ4n) is 1.47. The summed E-state index contributed by atoms with van der Waals surface area (Å²) in [5, 5.41) is 18.4. The minimum absolute atomic E-state index is 0.215. The highest BCUT2D eigenvalue weighted by molar-refractivity contribution is 5.42. The van der Waals surface area contributed by atoms with Crippen molar-refractivity contribution in [1.82, 2.24) is 4.98 Å². The Hall–Kier alpha value is -1.13. The molecule has 1 aromatic heterocycles. The van der Waals surface area contributed by atoms with Crippen LogP contribution in [0.2, 0.25) is 0 Å². The molecule has 4 heteroatoms. The lowest BCUT2D eigenvalue weighted by Gasteiger charge is -2.36. The van der Waals surface area contributed by atoms with Gasteiger partial charge in [-0.15, -0.1) is 0 Å². The van der Waals surface area contributed by atoms with Gasteiger partial charge in [-0.2, -0.15) is 0 Å². The third-order valence-corrected chi connectivity index (χ3v) is 2.44. The van der Waals surface area contributed by atoms with Crippen molar-refractivity contribution < 1.29 is 10.2 Å². The quantitative estimate of drug-likeness (QED) is 0.711. The summed E-state index contributed by atoms with van der Waals surface area (Å²) in [7, 11) is 0. The molecule has 2 heterocycles. The topological polar surface area (TPSA) is 56.6 Å². The molecule has 4 nitrogen and oxygen atoms in total. The van der Waals surface area contributed by atoms with Gasteiger partial charge in [0.1, 0.15) is 5.82 Å². The van der Waals surface area contributed by atoms with Crippen molar-refractivity contribution in [3.05, 3.63) is 23.9 Å². The Kier molecular flexibility index (Phi) is 2.39. The average molecular weight is 194 g/mol. The van der Waals surface area contributed by atoms with Crippen LogP contribution in [0, 0.1) is 0 Å². The molecule has 1 aliphatic heterocycles. The molecule has 0 bridgehead atoms. The van der Waals surface area contributed by atoms with E-state index in [-0.39, 0.29) is 6.10 Å². The van der Waals surface area contributed by atoms with Crippen molar-refractivity contribution in [3.63, 3.8) is 0 Å². The number of aromatic nitrogens is 1. The summed E-state index contributed by atoms with van der Waals surface area (Å²) >= 11 is 0. The lowest BCUT2D eigenvalue weighted by atomic mass is 10.1. The molecule has 2 N–H and O–H groups in total. The van der Waals surface area contributed by atoms with Gasteiger partial charge in [-0.05, 0) is 18.6 Å². The van der Waals surface area contributed by atoms with Gasteiger partial charge < -0.3 is 15.1 Å². The van der Waals surface area contributed by atoms with Crippen LogP contribution in [0.4, 0.5) is 5.82 Å². The SMILES string of the molecule is CC(O)c1ccc(N2CC(O)C2)nc1. The molecule has 0 aromatic carbocycles. The van der Waals surface area contributed by atoms with Crippen LogP contribution in [0.25, 0.3) is 0 Å². The zero-order valence-electron chi connectivity index (χ0n) is 8.09.